The highest BCUT2D eigenvalue weighted by atomic mass is 16.5. The predicted octanol–water partition coefficient (Wildman–Crippen LogP) is 3.14. The summed E-state index contributed by atoms with van der Waals surface area (Å²) in [5.74, 6) is 6.73. The lowest BCUT2D eigenvalue weighted by atomic mass is 9.81. The Morgan fingerprint density at radius 3 is 2.22 bits per heavy atom. The van der Waals surface area contributed by atoms with Crippen molar-refractivity contribution in [3.8, 4) is 0 Å². The summed E-state index contributed by atoms with van der Waals surface area (Å²) >= 11 is 0. The molecule has 0 heterocycles. The van der Waals surface area contributed by atoms with E-state index in [1.165, 1.54) is 70.6 Å². The molecular weight excluding hydrogens is 224 g/mol. The highest BCUT2D eigenvalue weighted by molar-refractivity contribution is 4.95. The van der Waals surface area contributed by atoms with Crippen LogP contribution in [0.4, 0.5) is 0 Å². The second kappa shape index (κ2) is 6.88. The van der Waals surface area contributed by atoms with Crippen molar-refractivity contribution < 1.29 is 4.74 Å². The summed E-state index contributed by atoms with van der Waals surface area (Å²) in [4.78, 5) is 0. The molecule has 3 nitrogen and oxygen atoms in total. The first-order chi connectivity index (χ1) is 8.80. The largest absolute Gasteiger partial charge is 0.377 e. The lowest BCUT2D eigenvalue weighted by molar-refractivity contribution is -0.0582. The molecule has 0 radical (unpaired) electrons. The van der Waals surface area contributed by atoms with Crippen LogP contribution in [0, 0.1) is 5.92 Å². The molecule has 0 aromatic rings. The van der Waals surface area contributed by atoms with Crippen molar-refractivity contribution >= 4 is 0 Å². The second-order valence-corrected chi connectivity index (χ2v) is 6.29. The molecule has 0 aromatic heterocycles. The lowest BCUT2D eigenvalue weighted by Crippen LogP contribution is -2.55. The maximum absolute atomic E-state index is 5.98. The molecule has 18 heavy (non-hydrogen) atoms. The van der Waals surface area contributed by atoms with E-state index in [0.717, 1.165) is 5.92 Å². The van der Waals surface area contributed by atoms with Gasteiger partial charge in [0.25, 0.3) is 0 Å². The van der Waals surface area contributed by atoms with Gasteiger partial charge in [-0.1, -0.05) is 51.4 Å². The van der Waals surface area contributed by atoms with Crippen LogP contribution in [0.1, 0.15) is 70.6 Å². The third kappa shape index (κ3) is 3.25. The van der Waals surface area contributed by atoms with Crippen molar-refractivity contribution in [3.63, 3.8) is 0 Å². The molecule has 2 aliphatic carbocycles. The van der Waals surface area contributed by atoms with Crippen LogP contribution in [0.25, 0.3) is 0 Å². The van der Waals surface area contributed by atoms with Crippen LogP contribution in [-0.2, 0) is 4.74 Å². The average Bonchev–Trinajstić information content (AvgIpc) is 2.79. The van der Waals surface area contributed by atoms with E-state index >= 15 is 0 Å². The molecule has 106 valence electrons. The zero-order chi connectivity index (χ0) is 12.8. The van der Waals surface area contributed by atoms with Gasteiger partial charge < -0.3 is 4.74 Å². The van der Waals surface area contributed by atoms with Gasteiger partial charge >= 0.3 is 0 Å². The first-order valence-corrected chi connectivity index (χ1v) is 7.82. The summed E-state index contributed by atoms with van der Waals surface area (Å²) in [6, 6.07) is 0.337. The summed E-state index contributed by atoms with van der Waals surface area (Å²) in [6.45, 7) is 0. The summed E-state index contributed by atoms with van der Waals surface area (Å²) in [5, 5.41) is 0. The average molecular weight is 254 g/mol. The van der Waals surface area contributed by atoms with Crippen LogP contribution in [0.2, 0.25) is 0 Å². The minimum absolute atomic E-state index is 0.00611. The van der Waals surface area contributed by atoms with Crippen LogP contribution in [0.3, 0.4) is 0 Å². The summed E-state index contributed by atoms with van der Waals surface area (Å²) in [5.41, 5.74) is 3.09. The fraction of sp³-hybridized carbons (Fsp3) is 1.00. The van der Waals surface area contributed by atoms with Gasteiger partial charge in [0.1, 0.15) is 0 Å². The number of hydrogen-bond acceptors (Lipinski definition) is 3. The van der Waals surface area contributed by atoms with Gasteiger partial charge in [0.2, 0.25) is 0 Å². The van der Waals surface area contributed by atoms with Gasteiger partial charge in [-0.25, -0.2) is 0 Å². The minimum atomic E-state index is -0.00611. The smallest absolute Gasteiger partial charge is 0.0844 e. The van der Waals surface area contributed by atoms with Crippen molar-refractivity contribution in [2.24, 2.45) is 11.8 Å². The van der Waals surface area contributed by atoms with Crippen molar-refractivity contribution in [1.82, 2.24) is 5.43 Å². The fourth-order valence-corrected chi connectivity index (χ4v) is 4.04. The highest BCUT2D eigenvalue weighted by Crippen LogP contribution is 2.37. The number of hydrogen-bond donors (Lipinski definition) is 2. The van der Waals surface area contributed by atoms with Crippen molar-refractivity contribution in [2.75, 3.05) is 7.11 Å². The SMILES string of the molecule is COC1(C(CC2CCCC2)NN)CCCCCC1. The van der Waals surface area contributed by atoms with Crippen LogP contribution < -0.4 is 11.3 Å². The fourth-order valence-electron chi connectivity index (χ4n) is 4.04. The predicted molar refractivity (Wildman–Crippen MR) is 75.1 cm³/mol. The van der Waals surface area contributed by atoms with Crippen molar-refractivity contribution in [1.29, 1.82) is 0 Å². The van der Waals surface area contributed by atoms with Crippen LogP contribution in [0.15, 0.2) is 0 Å². The Balaban J connectivity index is 2.01. The molecule has 0 amide bonds. The molecule has 0 saturated heterocycles. The molecule has 2 rings (SSSR count). The van der Waals surface area contributed by atoms with Crippen LogP contribution >= 0.6 is 0 Å². The van der Waals surface area contributed by atoms with Gasteiger partial charge in [-0.05, 0) is 25.2 Å². The molecule has 3 N–H and O–H groups in total. The van der Waals surface area contributed by atoms with E-state index in [4.69, 9.17) is 10.6 Å². The van der Waals surface area contributed by atoms with E-state index in [-0.39, 0.29) is 5.60 Å². The van der Waals surface area contributed by atoms with E-state index in [2.05, 4.69) is 5.43 Å². The first kappa shape index (κ1) is 14.3. The van der Waals surface area contributed by atoms with E-state index in [1.54, 1.807) is 0 Å². The summed E-state index contributed by atoms with van der Waals surface area (Å²) in [6.07, 6.45) is 14.4. The molecule has 1 unspecified atom stereocenters. The number of nitrogens with one attached hydrogen (secondary N) is 1. The minimum Gasteiger partial charge on any atom is -0.377 e. The van der Waals surface area contributed by atoms with E-state index in [9.17, 15) is 0 Å². The van der Waals surface area contributed by atoms with Crippen molar-refractivity contribution in [3.05, 3.63) is 0 Å². The Kier molecular flexibility index (Phi) is 5.46. The molecule has 0 spiro atoms. The van der Waals surface area contributed by atoms with E-state index < -0.39 is 0 Å². The number of ether oxygens (including phenoxy) is 1. The number of methoxy groups -OCH3 is 1. The highest BCUT2D eigenvalue weighted by Gasteiger charge is 2.39. The quantitative estimate of drug-likeness (QED) is 0.450. The molecule has 1 atom stereocenters. The molecule has 3 heteroatoms. The monoisotopic (exact) mass is 254 g/mol. The second-order valence-electron chi connectivity index (χ2n) is 6.29. The van der Waals surface area contributed by atoms with Gasteiger partial charge in [0, 0.05) is 7.11 Å². The Morgan fingerprint density at radius 2 is 1.72 bits per heavy atom. The van der Waals surface area contributed by atoms with Crippen LogP contribution in [-0.4, -0.2) is 18.8 Å². The Bertz CT molecular complexity index is 231. The molecule has 2 saturated carbocycles. The number of hydrazine groups is 1. The Hall–Kier alpha value is -0.120. The molecule has 0 aliphatic heterocycles. The van der Waals surface area contributed by atoms with Gasteiger partial charge in [0.05, 0.1) is 11.6 Å². The topological polar surface area (TPSA) is 47.3 Å². The lowest BCUT2D eigenvalue weighted by Gasteiger charge is -2.40. The number of rotatable bonds is 5. The molecule has 0 aromatic carbocycles. The third-order valence-corrected chi connectivity index (χ3v) is 5.24. The van der Waals surface area contributed by atoms with Gasteiger partial charge in [-0.2, -0.15) is 0 Å². The normalized spacial score (nSPS) is 27.0. The van der Waals surface area contributed by atoms with Crippen LogP contribution in [0.5, 0.6) is 0 Å². The number of nitrogens with two attached hydrogens (primary N) is 1. The Labute approximate surface area is 112 Å². The maximum atomic E-state index is 5.98. The van der Waals surface area contributed by atoms with Gasteiger partial charge in [-0.15, -0.1) is 0 Å². The summed E-state index contributed by atoms with van der Waals surface area (Å²) in [7, 11) is 1.88. The zero-order valence-electron chi connectivity index (χ0n) is 11.9. The third-order valence-electron chi connectivity index (χ3n) is 5.24. The maximum Gasteiger partial charge on any atom is 0.0844 e. The van der Waals surface area contributed by atoms with Gasteiger partial charge in [0.15, 0.2) is 0 Å². The molecular formula is C15H30N2O. The Morgan fingerprint density at radius 1 is 1.11 bits per heavy atom. The van der Waals surface area contributed by atoms with Gasteiger partial charge in [-0.3, -0.25) is 11.3 Å². The zero-order valence-corrected chi connectivity index (χ0v) is 11.9. The standard InChI is InChI=1S/C15H30N2O/c1-18-15(10-6-2-3-7-11-15)14(17-16)12-13-8-4-5-9-13/h13-14,17H,2-12,16H2,1H3. The van der Waals surface area contributed by atoms with Crippen molar-refractivity contribution in [2.45, 2.75) is 82.3 Å². The first-order valence-electron chi connectivity index (χ1n) is 7.82. The summed E-state index contributed by atoms with van der Waals surface area (Å²) < 4.78 is 5.98. The van der Waals surface area contributed by atoms with E-state index in [0.29, 0.717) is 6.04 Å². The molecule has 0 bridgehead atoms. The molecule has 2 aliphatic rings. The molecule has 2 fully saturated rings. The van der Waals surface area contributed by atoms with E-state index in [1.807, 2.05) is 7.11 Å².